The number of hydrogen-bond donors (Lipinski definition) is 0. The third-order valence-corrected chi connectivity index (χ3v) is 1.86. The molecule has 0 saturated carbocycles. The first kappa shape index (κ1) is 8.77. The van der Waals surface area contributed by atoms with Gasteiger partial charge in [-0.05, 0) is 0 Å². The summed E-state index contributed by atoms with van der Waals surface area (Å²) in [7, 11) is 2.59. The lowest BCUT2D eigenvalue weighted by Gasteiger charge is -2.24. The van der Waals surface area contributed by atoms with Gasteiger partial charge in [0.1, 0.15) is 0 Å². The van der Waals surface area contributed by atoms with Gasteiger partial charge in [-0.1, -0.05) is 12.2 Å². The highest BCUT2D eigenvalue weighted by Gasteiger charge is 2.37. The lowest BCUT2D eigenvalue weighted by Crippen LogP contribution is -2.34. The van der Waals surface area contributed by atoms with Crippen molar-refractivity contribution in [1.29, 1.82) is 0 Å². The van der Waals surface area contributed by atoms with Gasteiger partial charge in [0.2, 0.25) is 0 Å². The molecule has 0 radical (unpaired) electrons. The van der Waals surface area contributed by atoms with Gasteiger partial charge in [-0.2, -0.15) is 0 Å². The van der Waals surface area contributed by atoms with E-state index in [0.29, 0.717) is 0 Å². The van der Waals surface area contributed by atoms with E-state index < -0.39 is 23.8 Å². The quantitative estimate of drug-likeness (QED) is 0.436. The molecule has 0 N–H and O–H groups in total. The van der Waals surface area contributed by atoms with Crippen LogP contribution in [0.3, 0.4) is 0 Å². The molecule has 1 aliphatic rings. The van der Waals surface area contributed by atoms with E-state index in [4.69, 9.17) is 0 Å². The van der Waals surface area contributed by atoms with Gasteiger partial charge in [0.05, 0.1) is 26.1 Å². The van der Waals surface area contributed by atoms with Crippen molar-refractivity contribution in [2.75, 3.05) is 14.2 Å². The Kier molecular flexibility index (Phi) is 2.47. The van der Waals surface area contributed by atoms with Crippen LogP contribution in [0.5, 0.6) is 0 Å². The fourth-order valence-corrected chi connectivity index (χ4v) is 1.06. The van der Waals surface area contributed by atoms with Crippen molar-refractivity contribution in [3.8, 4) is 0 Å². The standard InChI is InChI=1S/C8H10O4/c1-11-7(9)5-3-4-6(5)8(10)12-2/h3-6H,1-2H3/t5-,6-/m1/s1. The number of rotatable bonds is 2. The molecule has 0 aromatic carbocycles. The van der Waals surface area contributed by atoms with Crippen molar-refractivity contribution in [3.63, 3.8) is 0 Å². The second-order valence-corrected chi connectivity index (χ2v) is 2.48. The number of carbonyl (C=O) groups is 2. The summed E-state index contributed by atoms with van der Waals surface area (Å²) in [5, 5.41) is 0. The molecular formula is C8H10O4. The third-order valence-electron chi connectivity index (χ3n) is 1.86. The molecule has 0 amide bonds. The molecule has 0 heterocycles. The first-order valence-electron chi connectivity index (χ1n) is 3.54. The van der Waals surface area contributed by atoms with Crippen LogP contribution in [0.15, 0.2) is 12.2 Å². The van der Waals surface area contributed by atoms with Crippen molar-refractivity contribution in [2.24, 2.45) is 11.8 Å². The Balaban J connectivity index is 2.57. The van der Waals surface area contributed by atoms with E-state index in [9.17, 15) is 9.59 Å². The molecule has 0 aliphatic heterocycles. The summed E-state index contributed by atoms with van der Waals surface area (Å²) in [6.07, 6.45) is 3.26. The highest BCUT2D eigenvalue weighted by Crippen LogP contribution is 2.27. The highest BCUT2D eigenvalue weighted by atomic mass is 16.5. The van der Waals surface area contributed by atoms with E-state index >= 15 is 0 Å². The van der Waals surface area contributed by atoms with E-state index in [1.807, 2.05) is 0 Å². The number of methoxy groups -OCH3 is 2. The van der Waals surface area contributed by atoms with Gasteiger partial charge in [0.15, 0.2) is 0 Å². The second kappa shape index (κ2) is 3.38. The van der Waals surface area contributed by atoms with Gasteiger partial charge in [-0.25, -0.2) is 0 Å². The van der Waals surface area contributed by atoms with Gasteiger partial charge in [0, 0.05) is 0 Å². The van der Waals surface area contributed by atoms with E-state index in [2.05, 4.69) is 9.47 Å². The van der Waals surface area contributed by atoms with E-state index in [0.717, 1.165) is 0 Å². The van der Waals surface area contributed by atoms with Crippen LogP contribution in [0.1, 0.15) is 0 Å². The molecule has 12 heavy (non-hydrogen) atoms. The fourth-order valence-electron chi connectivity index (χ4n) is 1.06. The summed E-state index contributed by atoms with van der Waals surface area (Å²) in [5.74, 6) is -1.70. The van der Waals surface area contributed by atoms with Crippen LogP contribution in [-0.2, 0) is 19.1 Å². The average molecular weight is 170 g/mol. The van der Waals surface area contributed by atoms with Crippen LogP contribution in [0.2, 0.25) is 0 Å². The van der Waals surface area contributed by atoms with Crippen LogP contribution in [0.4, 0.5) is 0 Å². The number of esters is 2. The molecule has 0 aromatic heterocycles. The largest absolute Gasteiger partial charge is 0.469 e. The maximum Gasteiger partial charge on any atom is 0.313 e. The number of hydrogen-bond acceptors (Lipinski definition) is 4. The van der Waals surface area contributed by atoms with Crippen LogP contribution in [-0.4, -0.2) is 26.2 Å². The van der Waals surface area contributed by atoms with Crippen molar-refractivity contribution in [3.05, 3.63) is 12.2 Å². The molecule has 0 aromatic rings. The smallest absolute Gasteiger partial charge is 0.313 e. The molecule has 1 aliphatic carbocycles. The monoisotopic (exact) mass is 170 g/mol. The molecule has 0 saturated heterocycles. The minimum Gasteiger partial charge on any atom is -0.469 e. The van der Waals surface area contributed by atoms with Gasteiger partial charge < -0.3 is 9.47 Å². The SMILES string of the molecule is COC(=O)[C@@H]1C=C[C@H]1C(=O)OC. The Morgan fingerprint density at radius 2 is 1.33 bits per heavy atom. The topological polar surface area (TPSA) is 52.6 Å². The normalized spacial score (nSPS) is 25.8. The van der Waals surface area contributed by atoms with Crippen LogP contribution in [0.25, 0.3) is 0 Å². The summed E-state index contributed by atoms with van der Waals surface area (Å²) >= 11 is 0. The molecular weight excluding hydrogens is 160 g/mol. The molecule has 4 heteroatoms. The predicted octanol–water partition coefficient (Wildman–Crippen LogP) is 0.135. The van der Waals surface area contributed by atoms with Crippen molar-refractivity contribution in [1.82, 2.24) is 0 Å². The van der Waals surface area contributed by atoms with Gasteiger partial charge in [-0.3, -0.25) is 9.59 Å². The lowest BCUT2D eigenvalue weighted by atomic mass is 9.82. The van der Waals surface area contributed by atoms with Crippen molar-refractivity contribution in [2.45, 2.75) is 0 Å². The Hall–Kier alpha value is -1.32. The van der Waals surface area contributed by atoms with Crippen LogP contribution >= 0.6 is 0 Å². The Labute approximate surface area is 70.1 Å². The summed E-state index contributed by atoms with van der Waals surface area (Å²) in [6, 6.07) is 0. The molecule has 2 atom stereocenters. The van der Waals surface area contributed by atoms with Gasteiger partial charge >= 0.3 is 11.9 Å². The van der Waals surface area contributed by atoms with Crippen LogP contribution in [0, 0.1) is 11.8 Å². The molecule has 0 unspecified atom stereocenters. The summed E-state index contributed by atoms with van der Waals surface area (Å²) in [6.45, 7) is 0. The summed E-state index contributed by atoms with van der Waals surface area (Å²) in [5.41, 5.74) is 0. The second-order valence-electron chi connectivity index (χ2n) is 2.48. The zero-order valence-electron chi connectivity index (χ0n) is 6.94. The van der Waals surface area contributed by atoms with E-state index in [-0.39, 0.29) is 0 Å². The Morgan fingerprint density at radius 1 is 1.00 bits per heavy atom. The minimum atomic E-state index is -0.456. The molecule has 66 valence electrons. The maximum absolute atomic E-state index is 10.9. The zero-order chi connectivity index (χ0) is 9.14. The van der Waals surface area contributed by atoms with Gasteiger partial charge in [0.25, 0.3) is 0 Å². The number of carbonyl (C=O) groups excluding carboxylic acids is 2. The predicted molar refractivity (Wildman–Crippen MR) is 40.2 cm³/mol. The maximum atomic E-state index is 10.9. The minimum absolute atomic E-state index is 0.395. The molecule has 4 nitrogen and oxygen atoms in total. The number of ether oxygens (including phenoxy) is 2. The molecule has 1 rings (SSSR count). The van der Waals surface area contributed by atoms with Crippen molar-refractivity contribution >= 4 is 11.9 Å². The molecule has 0 spiro atoms. The van der Waals surface area contributed by atoms with Gasteiger partial charge in [-0.15, -0.1) is 0 Å². The first-order chi connectivity index (χ1) is 5.70. The Morgan fingerprint density at radius 3 is 1.50 bits per heavy atom. The van der Waals surface area contributed by atoms with Crippen LogP contribution < -0.4 is 0 Å². The summed E-state index contributed by atoms with van der Waals surface area (Å²) < 4.78 is 8.96. The third kappa shape index (κ3) is 1.32. The lowest BCUT2D eigenvalue weighted by molar-refractivity contribution is -0.155. The van der Waals surface area contributed by atoms with E-state index in [1.54, 1.807) is 12.2 Å². The fraction of sp³-hybridized carbons (Fsp3) is 0.500. The van der Waals surface area contributed by atoms with Crippen molar-refractivity contribution < 1.29 is 19.1 Å². The molecule has 0 bridgehead atoms. The first-order valence-corrected chi connectivity index (χ1v) is 3.54. The zero-order valence-corrected chi connectivity index (χ0v) is 6.94. The summed E-state index contributed by atoms with van der Waals surface area (Å²) in [4.78, 5) is 21.9. The Bertz CT molecular complexity index is 207. The van der Waals surface area contributed by atoms with E-state index in [1.165, 1.54) is 14.2 Å². The molecule has 0 fully saturated rings. The average Bonchev–Trinajstić information content (AvgIpc) is 2.02. The highest BCUT2D eigenvalue weighted by molar-refractivity contribution is 5.87.